The van der Waals surface area contributed by atoms with Crippen LogP contribution in [0.15, 0.2) is 12.2 Å². The lowest BCUT2D eigenvalue weighted by Gasteiger charge is -2.39. The molecule has 0 aromatic rings. The van der Waals surface area contributed by atoms with Gasteiger partial charge in [-0.1, -0.05) is 161 Å². The van der Waals surface area contributed by atoms with Crippen molar-refractivity contribution in [2.24, 2.45) is 0 Å². The number of aliphatic hydroxyl groups is 4. The molecule has 1 heterocycles. The summed E-state index contributed by atoms with van der Waals surface area (Å²) in [7, 11) is 0. The first-order valence-electron chi connectivity index (χ1n) is 22.3. The standard InChI is InChI=1S/C44H82O10/c1-3-5-7-9-11-13-15-16-17-18-19-20-21-22-23-25-27-29-31-33-40(47)53-37(36-52-44-43(50)42(49)41(48)38(34-45)54-44)35-51-39(46)32-30-28-26-24-14-12-10-8-6-4-2/h16-17,37-38,41-45,48-50H,3-15,18-36H2,1-2H3/b17-16+/t37-,38-,41+,42?,43?,44-/m1/s1. The number of esters is 2. The van der Waals surface area contributed by atoms with E-state index in [2.05, 4.69) is 26.0 Å². The molecule has 0 aromatic heterocycles. The van der Waals surface area contributed by atoms with Crippen molar-refractivity contribution < 1.29 is 49.0 Å². The maximum atomic E-state index is 12.8. The van der Waals surface area contributed by atoms with Gasteiger partial charge in [0.05, 0.1) is 13.2 Å². The fourth-order valence-electron chi connectivity index (χ4n) is 6.83. The second-order valence-electron chi connectivity index (χ2n) is 15.5. The van der Waals surface area contributed by atoms with Gasteiger partial charge in [-0.25, -0.2) is 0 Å². The number of ether oxygens (including phenoxy) is 4. The predicted molar refractivity (Wildman–Crippen MR) is 215 cm³/mol. The molecule has 318 valence electrons. The van der Waals surface area contributed by atoms with E-state index in [0.717, 1.165) is 38.5 Å². The van der Waals surface area contributed by atoms with Crippen LogP contribution >= 0.6 is 0 Å². The highest BCUT2D eigenvalue weighted by Gasteiger charge is 2.44. The van der Waals surface area contributed by atoms with E-state index >= 15 is 0 Å². The maximum Gasteiger partial charge on any atom is 0.306 e. The number of hydrogen-bond acceptors (Lipinski definition) is 10. The zero-order valence-corrected chi connectivity index (χ0v) is 34.5. The molecule has 0 bridgehead atoms. The Balaban J connectivity index is 2.30. The van der Waals surface area contributed by atoms with Crippen molar-refractivity contribution in [1.29, 1.82) is 0 Å². The van der Waals surface area contributed by atoms with Gasteiger partial charge in [0.2, 0.25) is 0 Å². The highest BCUT2D eigenvalue weighted by molar-refractivity contribution is 5.70. The average Bonchev–Trinajstić information content (AvgIpc) is 3.17. The fourth-order valence-corrected chi connectivity index (χ4v) is 6.83. The molecule has 0 spiro atoms. The number of allylic oxidation sites excluding steroid dienone is 2. The summed E-state index contributed by atoms with van der Waals surface area (Å²) < 4.78 is 22.1. The minimum absolute atomic E-state index is 0.213. The lowest BCUT2D eigenvalue weighted by Crippen LogP contribution is -2.59. The topological polar surface area (TPSA) is 152 Å². The molecule has 1 aliphatic rings. The Morgan fingerprint density at radius 3 is 1.44 bits per heavy atom. The van der Waals surface area contributed by atoms with E-state index in [-0.39, 0.29) is 32.0 Å². The van der Waals surface area contributed by atoms with Crippen LogP contribution in [-0.4, -0.2) is 89.0 Å². The van der Waals surface area contributed by atoms with Crippen LogP contribution in [-0.2, 0) is 28.5 Å². The molecule has 1 fully saturated rings. The molecule has 2 unspecified atom stereocenters. The molecule has 1 rings (SSSR count). The molecule has 10 heteroatoms. The van der Waals surface area contributed by atoms with Crippen molar-refractivity contribution >= 4 is 11.9 Å². The molecule has 4 N–H and O–H groups in total. The molecule has 0 radical (unpaired) electrons. The van der Waals surface area contributed by atoms with Gasteiger partial charge in [0.1, 0.15) is 31.0 Å². The molecule has 54 heavy (non-hydrogen) atoms. The van der Waals surface area contributed by atoms with Crippen LogP contribution in [0.2, 0.25) is 0 Å². The van der Waals surface area contributed by atoms with E-state index < -0.39 is 49.4 Å². The first-order chi connectivity index (χ1) is 26.3. The Morgan fingerprint density at radius 1 is 0.556 bits per heavy atom. The lowest BCUT2D eigenvalue weighted by molar-refractivity contribution is -0.305. The van der Waals surface area contributed by atoms with E-state index in [1.807, 2.05) is 0 Å². The summed E-state index contributed by atoms with van der Waals surface area (Å²) in [6.07, 6.45) is 29.4. The second-order valence-corrected chi connectivity index (χ2v) is 15.5. The largest absolute Gasteiger partial charge is 0.462 e. The highest BCUT2D eigenvalue weighted by Crippen LogP contribution is 2.23. The van der Waals surface area contributed by atoms with Gasteiger partial charge < -0.3 is 39.4 Å². The van der Waals surface area contributed by atoms with Gasteiger partial charge in [0, 0.05) is 12.8 Å². The van der Waals surface area contributed by atoms with Crippen molar-refractivity contribution in [3.8, 4) is 0 Å². The van der Waals surface area contributed by atoms with Gasteiger partial charge in [-0.05, 0) is 38.5 Å². The maximum absolute atomic E-state index is 12.8. The second kappa shape index (κ2) is 35.8. The molecule has 0 aliphatic carbocycles. The van der Waals surface area contributed by atoms with Gasteiger partial charge in [-0.3, -0.25) is 9.59 Å². The number of aliphatic hydroxyl groups excluding tert-OH is 4. The minimum atomic E-state index is -1.59. The zero-order chi connectivity index (χ0) is 39.5. The third-order valence-electron chi connectivity index (χ3n) is 10.4. The Bertz CT molecular complexity index is 897. The number of hydrogen-bond donors (Lipinski definition) is 4. The third kappa shape index (κ3) is 27.1. The summed E-state index contributed by atoms with van der Waals surface area (Å²) in [6.45, 7) is 3.41. The highest BCUT2D eigenvalue weighted by atomic mass is 16.7. The van der Waals surface area contributed by atoms with Crippen molar-refractivity contribution in [1.82, 2.24) is 0 Å². The van der Waals surface area contributed by atoms with Crippen LogP contribution in [0.3, 0.4) is 0 Å². The molecule has 0 amide bonds. The van der Waals surface area contributed by atoms with E-state index in [0.29, 0.717) is 6.42 Å². The third-order valence-corrected chi connectivity index (χ3v) is 10.4. The van der Waals surface area contributed by atoms with Gasteiger partial charge in [-0.15, -0.1) is 0 Å². The molecular formula is C44H82O10. The Kier molecular flexibility index (Phi) is 33.5. The normalized spacial score (nSPS) is 20.7. The Hall–Kier alpha value is -1.56. The molecule has 6 atom stereocenters. The molecule has 0 aromatic carbocycles. The van der Waals surface area contributed by atoms with Gasteiger partial charge in [0.15, 0.2) is 12.4 Å². The summed E-state index contributed by atoms with van der Waals surface area (Å²) in [5, 5.41) is 40.0. The average molecular weight is 771 g/mol. The summed E-state index contributed by atoms with van der Waals surface area (Å²) in [5.74, 6) is -0.803. The first-order valence-corrected chi connectivity index (χ1v) is 22.3. The van der Waals surface area contributed by atoms with Gasteiger partial charge >= 0.3 is 11.9 Å². The van der Waals surface area contributed by atoms with Gasteiger partial charge in [0.25, 0.3) is 0 Å². The Labute approximate surface area is 329 Å². The SMILES string of the molecule is CCCCCCCC/C=C/CCCCCCCCCCCC(=O)O[C@H](COC(=O)CCCCCCCCCCCC)CO[C@@H]1O[C@H](CO)[C@H](O)C(O)C1O. The summed E-state index contributed by atoms with van der Waals surface area (Å²) in [5.41, 5.74) is 0. The quantitative estimate of drug-likeness (QED) is 0.0273. The van der Waals surface area contributed by atoms with Crippen LogP contribution < -0.4 is 0 Å². The predicted octanol–water partition coefficient (Wildman–Crippen LogP) is 9.17. The monoisotopic (exact) mass is 771 g/mol. The molecule has 1 saturated heterocycles. The van der Waals surface area contributed by atoms with Crippen LogP contribution in [0.4, 0.5) is 0 Å². The summed E-state index contributed by atoms with van der Waals surface area (Å²) >= 11 is 0. The van der Waals surface area contributed by atoms with E-state index in [4.69, 9.17) is 18.9 Å². The molecule has 0 saturated carbocycles. The molecule has 10 nitrogen and oxygen atoms in total. The van der Waals surface area contributed by atoms with Crippen molar-refractivity contribution in [3.63, 3.8) is 0 Å². The number of carbonyl (C=O) groups excluding carboxylic acids is 2. The first kappa shape index (κ1) is 50.5. The van der Waals surface area contributed by atoms with Crippen molar-refractivity contribution in [2.75, 3.05) is 19.8 Å². The van der Waals surface area contributed by atoms with Crippen molar-refractivity contribution in [2.45, 2.75) is 237 Å². The van der Waals surface area contributed by atoms with E-state index in [1.54, 1.807) is 0 Å². The lowest BCUT2D eigenvalue weighted by atomic mass is 9.99. The van der Waals surface area contributed by atoms with Crippen LogP contribution in [0.25, 0.3) is 0 Å². The number of rotatable bonds is 37. The van der Waals surface area contributed by atoms with Crippen LogP contribution in [0, 0.1) is 0 Å². The fraction of sp³-hybridized carbons (Fsp3) is 0.909. The molecule has 1 aliphatic heterocycles. The van der Waals surface area contributed by atoms with Crippen LogP contribution in [0.5, 0.6) is 0 Å². The minimum Gasteiger partial charge on any atom is -0.462 e. The zero-order valence-electron chi connectivity index (χ0n) is 34.5. The smallest absolute Gasteiger partial charge is 0.306 e. The van der Waals surface area contributed by atoms with Gasteiger partial charge in [-0.2, -0.15) is 0 Å². The molecular weight excluding hydrogens is 688 g/mol. The number of unbranched alkanes of at least 4 members (excludes halogenated alkanes) is 24. The summed E-state index contributed by atoms with van der Waals surface area (Å²) in [6, 6.07) is 0. The van der Waals surface area contributed by atoms with Crippen molar-refractivity contribution in [3.05, 3.63) is 12.2 Å². The Morgan fingerprint density at radius 2 is 0.981 bits per heavy atom. The number of carbonyl (C=O) groups is 2. The summed E-state index contributed by atoms with van der Waals surface area (Å²) in [4.78, 5) is 25.2. The van der Waals surface area contributed by atoms with E-state index in [1.165, 1.54) is 128 Å². The van der Waals surface area contributed by atoms with E-state index in [9.17, 15) is 30.0 Å². The van der Waals surface area contributed by atoms with Crippen LogP contribution in [0.1, 0.15) is 200 Å².